The monoisotopic (exact) mass is 593 g/mol. The molecule has 0 atom stereocenters. The number of likely N-dealkylation sites (tertiary alicyclic amines) is 2. The van der Waals surface area contributed by atoms with Gasteiger partial charge in [-0.15, -0.1) is 0 Å². The van der Waals surface area contributed by atoms with Crippen molar-refractivity contribution in [2.45, 2.75) is 45.6 Å². The van der Waals surface area contributed by atoms with Crippen LogP contribution < -0.4 is 0 Å². The number of Topliss-reactive ketones (excluding diaryl/α,β-unsaturated/α-hetero) is 2. The van der Waals surface area contributed by atoms with Gasteiger partial charge in [-0.2, -0.15) is 5.26 Å². The van der Waals surface area contributed by atoms with Crippen molar-refractivity contribution in [2.75, 3.05) is 26.2 Å². The third-order valence-electron chi connectivity index (χ3n) is 8.74. The molecule has 2 aromatic carbocycles. The Balaban J connectivity index is 1.09. The van der Waals surface area contributed by atoms with E-state index in [1.807, 2.05) is 24.3 Å². The number of nitrogens with zero attached hydrogens (tertiary/aromatic N) is 5. The number of benzene rings is 2. The van der Waals surface area contributed by atoms with Gasteiger partial charge in [-0.25, -0.2) is 0 Å². The zero-order valence-electron chi connectivity index (χ0n) is 24.8. The highest BCUT2D eigenvalue weighted by Crippen LogP contribution is 2.29. The number of ketones is 2. The molecule has 0 bridgehead atoms. The van der Waals surface area contributed by atoms with Crippen molar-refractivity contribution >= 4 is 23.2 Å². The van der Waals surface area contributed by atoms with Crippen LogP contribution in [-0.2, 0) is 6.54 Å². The Kier molecular flexibility index (Phi) is 9.56. The van der Waals surface area contributed by atoms with Gasteiger partial charge in [0.25, 0.3) is 11.6 Å². The number of aromatic nitrogens is 1. The van der Waals surface area contributed by atoms with E-state index in [4.69, 9.17) is 5.26 Å². The molecule has 2 fully saturated rings. The summed E-state index contributed by atoms with van der Waals surface area (Å²) >= 11 is 0. The van der Waals surface area contributed by atoms with Gasteiger partial charge in [-0.3, -0.25) is 34.4 Å². The highest BCUT2D eigenvalue weighted by Gasteiger charge is 2.32. The second-order valence-electron chi connectivity index (χ2n) is 11.8. The molecule has 1 aromatic heterocycles. The molecule has 0 saturated carbocycles. The molecule has 0 unspecified atom stereocenters. The molecule has 0 N–H and O–H groups in total. The van der Waals surface area contributed by atoms with Crippen molar-refractivity contribution < 1.29 is 19.3 Å². The van der Waals surface area contributed by atoms with Crippen molar-refractivity contribution in [3.05, 3.63) is 104 Å². The van der Waals surface area contributed by atoms with Crippen molar-refractivity contribution in [3.63, 3.8) is 0 Å². The number of rotatable bonds is 9. The van der Waals surface area contributed by atoms with E-state index in [1.54, 1.807) is 30.0 Å². The normalized spacial score (nSPS) is 16.3. The average molecular weight is 594 g/mol. The number of aryl methyl sites for hydroxylation is 1. The first-order chi connectivity index (χ1) is 21.2. The van der Waals surface area contributed by atoms with Gasteiger partial charge in [0.15, 0.2) is 11.6 Å². The molecule has 3 aromatic rings. The lowest BCUT2D eigenvalue weighted by molar-refractivity contribution is -0.385. The molecule has 10 nitrogen and oxygen atoms in total. The number of amides is 1. The van der Waals surface area contributed by atoms with Crippen molar-refractivity contribution in [2.24, 2.45) is 11.8 Å². The van der Waals surface area contributed by atoms with Crippen LogP contribution in [0.25, 0.3) is 0 Å². The summed E-state index contributed by atoms with van der Waals surface area (Å²) in [5, 5.41) is 20.4. The third-order valence-corrected chi connectivity index (χ3v) is 8.74. The van der Waals surface area contributed by atoms with Gasteiger partial charge < -0.3 is 4.90 Å². The topological polar surface area (TPSA) is 138 Å². The molecule has 0 aliphatic carbocycles. The van der Waals surface area contributed by atoms with E-state index < -0.39 is 10.8 Å². The highest BCUT2D eigenvalue weighted by atomic mass is 16.6. The van der Waals surface area contributed by atoms with Gasteiger partial charge in [-0.05, 0) is 93.1 Å². The van der Waals surface area contributed by atoms with E-state index in [0.717, 1.165) is 32.5 Å². The van der Waals surface area contributed by atoms with E-state index in [0.29, 0.717) is 55.0 Å². The number of hydrogen-bond acceptors (Lipinski definition) is 8. The Morgan fingerprint density at radius 2 is 1.68 bits per heavy atom. The van der Waals surface area contributed by atoms with Gasteiger partial charge in [0.2, 0.25) is 0 Å². The van der Waals surface area contributed by atoms with Crippen molar-refractivity contribution in [1.82, 2.24) is 14.8 Å². The van der Waals surface area contributed by atoms with Gasteiger partial charge in [0, 0.05) is 49.8 Å². The average Bonchev–Trinajstić information content (AvgIpc) is 3.05. The van der Waals surface area contributed by atoms with Crippen LogP contribution in [0, 0.1) is 40.2 Å². The summed E-state index contributed by atoms with van der Waals surface area (Å²) in [5.74, 6) is -0.596. The van der Waals surface area contributed by atoms with Crippen molar-refractivity contribution in [3.8, 4) is 6.07 Å². The number of pyridine rings is 1. The minimum Gasteiger partial charge on any atom is -0.337 e. The predicted molar refractivity (Wildman–Crippen MR) is 163 cm³/mol. The smallest absolute Gasteiger partial charge is 0.280 e. The van der Waals surface area contributed by atoms with Crippen LogP contribution in [0.3, 0.4) is 0 Å². The largest absolute Gasteiger partial charge is 0.337 e. The molecule has 2 saturated heterocycles. The van der Waals surface area contributed by atoms with Crippen LogP contribution in [0.1, 0.15) is 80.0 Å². The van der Waals surface area contributed by atoms with Crippen LogP contribution >= 0.6 is 0 Å². The number of nitro groups is 1. The minimum atomic E-state index is -0.525. The number of hydrogen-bond donors (Lipinski definition) is 0. The zero-order chi connectivity index (χ0) is 31.2. The molecule has 1 amide bonds. The van der Waals surface area contributed by atoms with Crippen LogP contribution in [0.4, 0.5) is 5.69 Å². The van der Waals surface area contributed by atoms with Gasteiger partial charge in [0.1, 0.15) is 5.69 Å². The Morgan fingerprint density at radius 1 is 0.977 bits per heavy atom. The fraction of sp³-hybridized carbons (Fsp3) is 0.382. The quantitative estimate of drug-likeness (QED) is 0.183. The third kappa shape index (κ3) is 7.24. The van der Waals surface area contributed by atoms with Gasteiger partial charge >= 0.3 is 0 Å². The van der Waals surface area contributed by atoms with E-state index in [9.17, 15) is 24.5 Å². The molecule has 2 aliphatic rings. The number of carbonyl (C=O) groups is 3. The number of nitriles is 1. The van der Waals surface area contributed by atoms with E-state index in [-0.39, 0.29) is 34.4 Å². The zero-order valence-corrected chi connectivity index (χ0v) is 24.8. The fourth-order valence-electron chi connectivity index (χ4n) is 6.08. The Labute approximate surface area is 256 Å². The van der Waals surface area contributed by atoms with Crippen LogP contribution in [0.2, 0.25) is 0 Å². The molecular weight excluding hydrogens is 558 g/mol. The van der Waals surface area contributed by atoms with Crippen LogP contribution in [-0.4, -0.2) is 63.4 Å². The lowest BCUT2D eigenvalue weighted by Gasteiger charge is -2.31. The van der Waals surface area contributed by atoms with Crippen molar-refractivity contribution in [1.29, 1.82) is 5.26 Å². The molecule has 3 heterocycles. The number of piperidine rings is 2. The lowest BCUT2D eigenvalue weighted by atomic mass is 9.88. The molecule has 2 aliphatic heterocycles. The standard InChI is InChI=1S/C34H35N5O5/c1-23-2-8-29(31(18-23)39(43)44)33(41)27-12-16-38(17-13-27)34(42)30-9-7-28(21-36-30)32(40)19-24-10-14-37(15-11-24)22-26-5-3-25(20-35)4-6-26/h2-9,18,21,24,27H,10-17,19,22H2,1H3. The Hall–Kier alpha value is -4.75. The first kappa shape index (κ1) is 30.7. The number of carbonyl (C=O) groups excluding carboxylic acids is 3. The first-order valence-corrected chi connectivity index (χ1v) is 15.0. The molecule has 0 radical (unpaired) electrons. The Bertz CT molecular complexity index is 1580. The summed E-state index contributed by atoms with van der Waals surface area (Å²) < 4.78 is 0. The molecule has 44 heavy (non-hydrogen) atoms. The first-order valence-electron chi connectivity index (χ1n) is 15.0. The maximum atomic E-state index is 13.1. The summed E-state index contributed by atoms with van der Waals surface area (Å²) in [5.41, 5.74) is 3.21. The maximum absolute atomic E-state index is 13.1. The van der Waals surface area contributed by atoms with Crippen LogP contribution in [0.5, 0.6) is 0 Å². The Morgan fingerprint density at radius 3 is 2.30 bits per heavy atom. The lowest BCUT2D eigenvalue weighted by Crippen LogP contribution is -2.40. The summed E-state index contributed by atoms with van der Waals surface area (Å²) in [7, 11) is 0. The fourth-order valence-corrected chi connectivity index (χ4v) is 6.08. The van der Waals surface area contributed by atoms with E-state index >= 15 is 0 Å². The second kappa shape index (κ2) is 13.7. The summed E-state index contributed by atoms with van der Waals surface area (Å²) in [4.78, 5) is 58.4. The van der Waals surface area contributed by atoms with E-state index in [2.05, 4.69) is 16.0 Å². The number of nitro benzene ring substituents is 1. The maximum Gasteiger partial charge on any atom is 0.280 e. The summed E-state index contributed by atoms with van der Waals surface area (Å²) in [6.07, 6.45) is 4.61. The molecule has 10 heteroatoms. The molecule has 5 rings (SSSR count). The SMILES string of the molecule is Cc1ccc(C(=O)C2CCN(C(=O)c3ccc(C(=O)CC4CCN(Cc5ccc(C#N)cc5)CC4)cn3)CC2)c([N+](=O)[O-])c1. The predicted octanol–water partition coefficient (Wildman–Crippen LogP) is 5.39. The highest BCUT2D eigenvalue weighted by molar-refractivity contribution is 6.02. The molecular formula is C34H35N5O5. The molecule has 0 spiro atoms. The minimum absolute atomic E-state index is 0.0200. The second-order valence-corrected chi connectivity index (χ2v) is 11.8. The summed E-state index contributed by atoms with van der Waals surface area (Å²) in [6, 6.07) is 17.7. The van der Waals surface area contributed by atoms with Crippen LogP contribution in [0.15, 0.2) is 60.8 Å². The van der Waals surface area contributed by atoms with E-state index in [1.165, 1.54) is 23.9 Å². The van der Waals surface area contributed by atoms with Gasteiger partial charge in [0.05, 0.1) is 22.1 Å². The summed E-state index contributed by atoms with van der Waals surface area (Å²) in [6.45, 7) is 5.09. The molecule has 226 valence electrons. The van der Waals surface area contributed by atoms with Gasteiger partial charge in [-0.1, -0.05) is 18.2 Å².